The standard InChI is InChI=1S/C25H39N3O4.C2H6/c1-5-11-25(32)18(4)27(16-19-8-9-19)13-12-24(25,15-22(30)28(6-2)23(26)31)21-14-20(29)10-7-17(21)3;1-2/h7,10,14,18-19,29,32H,5-6,8-9,11-13,15-16H2,1-4H3,(H2,26,31);1-2H3. The van der Waals surface area contributed by atoms with Crippen molar-refractivity contribution in [2.45, 2.75) is 97.1 Å². The predicted octanol–water partition coefficient (Wildman–Crippen LogP) is 4.32. The zero-order chi connectivity index (χ0) is 25.7. The lowest BCUT2D eigenvalue weighted by Crippen LogP contribution is -2.69. The molecule has 3 amide bonds. The number of aryl methyl sites for hydroxylation is 1. The number of aliphatic hydroxyl groups is 1. The van der Waals surface area contributed by atoms with Crippen LogP contribution in [-0.4, -0.2) is 63.2 Å². The molecular weight excluding hydrogens is 430 g/mol. The summed E-state index contributed by atoms with van der Waals surface area (Å²) >= 11 is 0. The van der Waals surface area contributed by atoms with Gasteiger partial charge >= 0.3 is 6.03 Å². The van der Waals surface area contributed by atoms with Crippen LogP contribution in [0.2, 0.25) is 0 Å². The number of nitrogens with zero attached hydrogens (tertiary/aromatic N) is 2. The van der Waals surface area contributed by atoms with Gasteiger partial charge in [-0.2, -0.15) is 0 Å². The number of likely N-dealkylation sites (tertiary alicyclic amines) is 1. The number of hydrogen-bond acceptors (Lipinski definition) is 5. The van der Waals surface area contributed by atoms with Crippen LogP contribution in [0, 0.1) is 12.8 Å². The third-order valence-electron chi connectivity index (χ3n) is 7.79. The van der Waals surface area contributed by atoms with E-state index in [1.54, 1.807) is 19.1 Å². The first-order valence-corrected chi connectivity index (χ1v) is 13.0. The van der Waals surface area contributed by atoms with Crippen LogP contribution in [0.3, 0.4) is 0 Å². The number of hydrogen-bond donors (Lipinski definition) is 3. The van der Waals surface area contributed by atoms with Crippen molar-refractivity contribution in [2.24, 2.45) is 11.7 Å². The van der Waals surface area contributed by atoms with Crippen molar-refractivity contribution < 1.29 is 19.8 Å². The number of benzene rings is 1. The van der Waals surface area contributed by atoms with Crippen LogP contribution < -0.4 is 5.73 Å². The molecule has 1 aliphatic carbocycles. The fourth-order valence-electron chi connectivity index (χ4n) is 5.80. The van der Waals surface area contributed by atoms with Crippen LogP contribution in [0.4, 0.5) is 4.79 Å². The van der Waals surface area contributed by atoms with Crippen molar-refractivity contribution in [3.05, 3.63) is 29.3 Å². The Bertz CT molecular complexity index is 856. The van der Waals surface area contributed by atoms with E-state index in [1.165, 1.54) is 12.8 Å². The summed E-state index contributed by atoms with van der Waals surface area (Å²) in [5, 5.41) is 22.8. The van der Waals surface area contributed by atoms with Crippen LogP contribution in [0.15, 0.2) is 18.2 Å². The van der Waals surface area contributed by atoms with Crippen molar-refractivity contribution in [1.82, 2.24) is 9.80 Å². The summed E-state index contributed by atoms with van der Waals surface area (Å²) < 4.78 is 0. The molecule has 3 unspecified atom stereocenters. The maximum absolute atomic E-state index is 13.4. The Labute approximate surface area is 205 Å². The largest absolute Gasteiger partial charge is 0.508 e. The number of carbonyl (C=O) groups excluding carboxylic acids is 2. The second-order valence-electron chi connectivity index (χ2n) is 9.77. The monoisotopic (exact) mass is 475 g/mol. The van der Waals surface area contributed by atoms with E-state index in [4.69, 9.17) is 5.73 Å². The molecule has 0 radical (unpaired) electrons. The molecule has 7 nitrogen and oxygen atoms in total. The highest BCUT2D eigenvalue weighted by atomic mass is 16.3. The summed E-state index contributed by atoms with van der Waals surface area (Å²) in [5.41, 5.74) is 5.02. The van der Waals surface area contributed by atoms with Crippen LogP contribution in [-0.2, 0) is 10.2 Å². The highest BCUT2D eigenvalue weighted by Gasteiger charge is 2.59. The zero-order valence-electron chi connectivity index (χ0n) is 21.9. The Morgan fingerprint density at radius 2 is 1.88 bits per heavy atom. The van der Waals surface area contributed by atoms with E-state index in [1.807, 2.05) is 33.8 Å². The van der Waals surface area contributed by atoms with E-state index in [-0.39, 0.29) is 30.7 Å². The SMILES string of the molecule is CC.CCCC1(O)C(C)N(CC2CC2)CCC1(CC(=O)N(CC)C(N)=O)c1cc(O)ccc1C. The molecule has 7 heteroatoms. The lowest BCUT2D eigenvalue weighted by molar-refractivity contribution is -0.155. The minimum Gasteiger partial charge on any atom is -0.508 e. The summed E-state index contributed by atoms with van der Waals surface area (Å²) in [7, 11) is 0. The molecule has 0 aromatic heterocycles. The predicted molar refractivity (Wildman–Crippen MR) is 136 cm³/mol. The molecule has 2 fully saturated rings. The van der Waals surface area contributed by atoms with Gasteiger partial charge < -0.3 is 15.9 Å². The molecule has 4 N–H and O–H groups in total. The van der Waals surface area contributed by atoms with Crippen LogP contribution in [0.1, 0.15) is 84.3 Å². The average molecular weight is 476 g/mol. The Morgan fingerprint density at radius 3 is 2.41 bits per heavy atom. The average Bonchev–Trinajstić information content (AvgIpc) is 3.61. The lowest BCUT2D eigenvalue weighted by atomic mass is 9.56. The Morgan fingerprint density at radius 1 is 1.24 bits per heavy atom. The molecule has 1 saturated heterocycles. The summed E-state index contributed by atoms with van der Waals surface area (Å²) in [6.45, 7) is 13.6. The van der Waals surface area contributed by atoms with E-state index >= 15 is 0 Å². The molecule has 3 rings (SSSR count). The maximum atomic E-state index is 13.4. The molecule has 1 saturated carbocycles. The minimum absolute atomic E-state index is 0.0355. The molecule has 0 bridgehead atoms. The van der Waals surface area contributed by atoms with Crippen molar-refractivity contribution in [3.63, 3.8) is 0 Å². The second kappa shape index (κ2) is 11.5. The first-order valence-electron chi connectivity index (χ1n) is 13.0. The topological polar surface area (TPSA) is 107 Å². The van der Waals surface area contributed by atoms with E-state index in [9.17, 15) is 19.8 Å². The molecule has 1 aromatic carbocycles. The number of aromatic hydroxyl groups is 1. The van der Waals surface area contributed by atoms with Crippen molar-refractivity contribution in [3.8, 4) is 5.75 Å². The quantitative estimate of drug-likeness (QED) is 0.519. The van der Waals surface area contributed by atoms with Crippen LogP contribution in [0.25, 0.3) is 0 Å². The van der Waals surface area contributed by atoms with Crippen molar-refractivity contribution >= 4 is 11.9 Å². The van der Waals surface area contributed by atoms with Crippen LogP contribution >= 0.6 is 0 Å². The van der Waals surface area contributed by atoms with Gasteiger partial charge in [-0.3, -0.25) is 14.6 Å². The number of amides is 3. The van der Waals surface area contributed by atoms with Gasteiger partial charge in [-0.25, -0.2) is 4.79 Å². The lowest BCUT2D eigenvalue weighted by Gasteiger charge is -2.58. The molecule has 192 valence electrons. The molecule has 0 spiro atoms. The van der Waals surface area contributed by atoms with E-state index in [0.717, 1.165) is 35.5 Å². The van der Waals surface area contributed by atoms with Crippen molar-refractivity contribution in [2.75, 3.05) is 19.6 Å². The summed E-state index contributed by atoms with van der Waals surface area (Å²) in [5.74, 6) is 0.400. The summed E-state index contributed by atoms with van der Waals surface area (Å²) in [4.78, 5) is 28.7. The fraction of sp³-hybridized carbons (Fsp3) is 0.704. The van der Waals surface area contributed by atoms with Gasteiger partial charge in [0.1, 0.15) is 5.75 Å². The number of primary amides is 1. The van der Waals surface area contributed by atoms with E-state index in [2.05, 4.69) is 11.8 Å². The third kappa shape index (κ3) is 5.41. The van der Waals surface area contributed by atoms with Crippen molar-refractivity contribution in [1.29, 1.82) is 0 Å². The van der Waals surface area contributed by atoms with E-state index < -0.39 is 17.0 Å². The highest BCUT2D eigenvalue weighted by molar-refractivity contribution is 5.94. The van der Waals surface area contributed by atoms with Gasteiger partial charge in [0.2, 0.25) is 5.91 Å². The normalized spacial score (nSPS) is 27.0. The second-order valence-corrected chi connectivity index (χ2v) is 9.77. The third-order valence-corrected chi connectivity index (χ3v) is 7.79. The number of rotatable bonds is 8. The minimum atomic E-state index is -1.21. The number of nitrogens with two attached hydrogens (primary N) is 1. The molecule has 2 aliphatic rings. The number of imide groups is 1. The number of piperidine rings is 1. The van der Waals surface area contributed by atoms with Crippen LogP contribution in [0.5, 0.6) is 5.75 Å². The summed E-state index contributed by atoms with van der Waals surface area (Å²) in [6.07, 6.45) is 4.25. The van der Waals surface area contributed by atoms with Gasteiger partial charge in [-0.1, -0.05) is 33.3 Å². The van der Waals surface area contributed by atoms with Gasteiger partial charge in [0.25, 0.3) is 0 Å². The molecule has 1 heterocycles. The maximum Gasteiger partial charge on any atom is 0.321 e. The molecular formula is C27H45N3O4. The molecule has 34 heavy (non-hydrogen) atoms. The zero-order valence-corrected chi connectivity index (χ0v) is 21.9. The number of urea groups is 1. The van der Waals surface area contributed by atoms with E-state index in [0.29, 0.717) is 18.8 Å². The van der Waals surface area contributed by atoms with Gasteiger partial charge in [0.05, 0.1) is 5.60 Å². The first kappa shape index (κ1) is 28.1. The Hall–Kier alpha value is -2.12. The number of phenolic OH excluding ortho intramolecular Hbond substituents is 1. The Balaban J connectivity index is 0.00000199. The smallest absolute Gasteiger partial charge is 0.321 e. The molecule has 1 aromatic rings. The summed E-state index contributed by atoms with van der Waals surface area (Å²) in [6, 6.07) is 4.19. The fourth-order valence-corrected chi connectivity index (χ4v) is 5.80. The number of carbonyl (C=O) groups is 2. The Kier molecular flexibility index (Phi) is 9.54. The van der Waals surface area contributed by atoms with Gasteiger partial charge in [-0.05, 0) is 82.2 Å². The first-order chi connectivity index (χ1) is 16.1. The highest BCUT2D eigenvalue weighted by Crippen LogP contribution is 2.52. The molecule has 3 atom stereocenters. The van der Waals surface area contributed by atoms with Gasteiger partial charge in [0.15, 0.2) is 0 Å². The van der Waals surface area contributed by atoms with Gasteiger partial charge in [0, 0.05) is 31.0 Å². The molecule has 1 aliphatic heterocycles. The number of phenols is 1. The van der Waals surface area contributed by atoms with Gasteiger partial charge in [-0.15, -0.1) is 0 Å².